The van der Waals surface area contributed by atoms with Gasteiger partial charge in [-0.15, -0.1) is 0 Å². The first-order valence-corrected chi connectivity index (χ1v) is 26.7. The Labute approximate surface area is 454 Å². The second-order valence-corrected chi connectivity index (χ2v) is 23.0. The highest BCUT2D eigenvalue weighted by atomic mass is 32.1. The maximum atomic E-state index is 12.4. The number of ether oxygens (including phenoxy) is 2. The molecule has 73 heavy (non-hydrogen) atoms. The van der Waals surface area contributed by atoms with E-state index in [1.807, 2.05) is 13.8 Å². The molecule has 2 aliphatic rings. The SMILES string of the molecule is C.C.CC(C)N(C(C)C)P(OCCC#N)N(C(C)C)C(C)C.Cc1cn([C@H]2C[C@@H](O)[C@@H](C(C)C)O2)c(=O)[nH]c1=O.S.S.[C-]#[N+]CCOP(O[C@@H]1C[C@H](n2cc(C)c(=O)[nH]c2=O)O[C@@H]1C(C)C)N(C(C)C)C(C)C. The van der Waals surface area contributed by atoms with Gasteiger partial charge in [0.25, 0.3) is 19.6 Å². The van der Waals surface area contributed by atoms with Crippen LogP contribution < -0.4 is 22.5 Å². The fraction of sp³-hybridized carbons (Fsp3) is 0.800. The second kappa shape index (κ2) is 35.8. The standard InChI is InChI=1S/C21H35N4O5P.C15H32N3OP.C12H18N2O4.2CH4.2H2S/c1-13(2)19-17(11-18(29-19)24-12-16(7)20(26)23-21(24)27)30-31(28-10-9-22-8)25(14(3)4)15(5)6;1-12(2)17(13(3)4)20(19-11-9-10-16)18(14(5)6)15(7)8;1-6(2)10-8(15)4-9(18-10)14-5-7(3)11(16)13-12(14)17;;;;/h12-15,17-19H,9-11H2,1-7H3,(H,23,26,27);12-15H,9,11H2,1-8H3;5-6,8-10,15H,4H2,1-3H3,(H,13,16,17);2*1H4;2*1H2/t17-,18-,19-,31?;;8-,9-,10-;;;;/m1.1..../s1. The quantitative estimate of drug-likeness (QED) is 0.0604. The zero-order chi connectivity index (χ0) is 52.6. The van der Waals surface area contributed by atoms with Crippen molar-refractivity contribution in [3.8, 4) is 6.07 Å². The summed E-state index contributed by atoms with van der Waals surface area (Å²) in [5.74, 6) is 0.325. The number of aliphatic hydroxyl groups excluding tert-OH is 1. The van der Waals surface area contributed by atoms with Gasteiger partial charge >= 0.3 is 11.4 Å². The first kappa shape index (κ1) is 74.8. The zero-order valence-corrected chi connectivity index (χ0v) is 49.4. The maximum absolute atomic E-state index is 12.4. The van der Waals surface area contributed by atoms with E-state index in [0.717, 1.165) is 0 Å². The Bertz CT molecular complexity index is 2150. The van der Waals surface area contributed by atoms with Crippen LogP contribution >= 0.6 is 44.0 Å². The van der Waals surface area contributed by atoms with E-state index in [0.29, 0.717) is 67.8 Å². The molecule has 0 spiro atoms. The number of aromatic nitrogens is 4. The molecule has 0 aliphatic carbocycles. The Morgan fingerprint density at radius 3 is 1.45 bits per heavy atom. The minimum atomic E-state index is -1.42. The molecule has 19 nitrogen and oxygen atoms in total. The van der Waals surface area contributed by atoms with Gasteiger partial charge in [-0.05, 0) is 109 Å². The van der Waals surface area contributed by atoms with Gasteiger partial charge < -0.3 is 33.0 Å². The minimum absolute atomic E-state index is 0. The third kappa shape index (κ3) is 22.2. The molecule has 0 radical (unpaired) electrons. The Balaban J connectivity index is -0.00000103. The molecule has 0 saturated carbocycles. The number of H-pyrrole nitrogens is 2. The molecule has 2 aliphatic heterocycles. The topological polar surface area (TPSA) is 214 Å². The van der Waals surface area contributed by atoms with Crippen LogP contribution in [0.3, 0.4) is 0 Å². The van der Waals surface area contributed by atoms with Crippen LogP contribution in [0.1, 0.15) is 168 Å². The summed E-state index contributed by atoms with van der Waals surface area (Å²) in [6.45, 7) is 45.4. The number of nitrogens with one attached hydrogen (secondary N) is 2. The van der Waals surface area contributed by atoms with E-state index >= 15 is 0 Å². The van der Waals surface area contributed by atoms with Crippen molar-refractivity contribution in [2.75, 3.05) is 19.8 Å². The van der Waals surface area contributed by atoms with Crippen molar-refractivity contribution in [2.45, 2.75) is 232 Å². The van der Waals surface area contributed by atoms with Crippen LogP contribution in [0.2, 0.25) is 0 Å². The predicted molar refractivity (Wildman–Crippen MR) is 308 cm³/mol. The number of aryl methyl sites for hydroxylation is 2. The summed E-state index contributed by atoms with van der Waals surface area (Å²) < 4.78 is 40.4. The summed E-state index contributed by atoms with van der Waals surface area (Å²) in [6, 6.07) is 4.23. The highest BCUT2D eigenvalue weighted by Crippen LogP contribution is 2.52. The van der Waals surface area contributed by atoms with E-state index in [-0.39, 0.29) is 90.6 Å². The number of nitriles is 1. The van der Waals surface area contributed by atoms with Crippen molar-refractivity contribution in [2.24, 2.45) is 11.8 Å². The molecule has 4 heterocycles. The zero-order valence-electron chi connectivity index (χ0n) is 45.6. The number of hydrogen-bond acceptors (Lipinski definition) is 14. The molecule has 4 rings (SSSR count). The molecule has 0 bridgehead atoms. The van der Waals surface area contributed by atoms with E-state index < -0.39 is 58.0 Å². The molecule has 7 atom stereocenters. The Kier molecular flexibility index (Phi) is 36.7. The monoisotopic (exact) mass is 1110 g/mol. The molecular formula is C50H97N9O10P2S2. The van der Waals surface area contributed by atoms with Crippen LogP contribution in [0.5, 0.6) is 0 Å². The fourth-order valence-electron chi connectivity index (χ4n) is 8.39. The van der Waals surface area contributed by atoms with Crippen molar-refractivity contribution in [1.82, 2.24) is 33.1 Å². The maximum Gasteiger partial charge on any atom is 0.330 e. The predicted octanol–water partition coefficient (Wildman–Crippen LogP) is 9.48. The van der Waals surface area contributed by atoms with Crippen molar-refractivity contribution in [1.29, 1.82) is 5.26 Å². The average Bonchev–Trinajstić information content (AvgIpc) is 3.84. The smallest absolute Gasteiger partial charge is 0.330 e. The second-order valence-electron chi connectivity index (χ2n) is 19.9. The lowest BCUT2D eigenvalue weighted by molar-refractivity contribution is -0.0431. The summed E-state index contributed by atoms with van der Waals surface area (Å²) in [5.41, 5.74) is -0.897. The lowest BCUT2D eigenvalue weighted by Gasteiger charge is -2.45. The molecule has 2 saturated heterocycles. The normalized spacial score (nSPS) is 20.0. The lowest BCUT2D eigenvalue weighted by Crippen LogP contribution is -2.43. The highest BCUT2D eigenvalue weighted by molar-refractivity contribution is 7.59. The Morgan fingerprint density at radius 1 is 0.699 bits per heavy atom. The van der Waals surface area contributed by atoms with Gasteiger partial charge in [0.05, 0.1) is 43.5 Å². The van der Waals surface area contributed by atoms with Crippen LogP contribution in [-0.4, -0.2) is 119 Å². The highest BCUT2D eigenvalue weighted by Gasteiger charge is 2.43. The molecular weight excluding hydrogens is 1010 g/mol. The van der Waals surface area contributed by atoms with Gasteiger partial charge in [0, 0.05) is 72.6 Å². The summed E-state index contributed by atoms with van der Waals surface area (Å²) in [6.07, 6.45) is 1.83. The van der Waals surface area contributed by atoms with E-state index in [1.165, 1.54) is 21.5 Å². The van der Waals surface area contributed by atoms with Crippen molar-refractivity contribution >= 4 is 44.0 Å². The molecule has 2 aromatic rings. The molecule has 2 aromatic heterocycles. The molecule has 424 valence electrons. The van der Waals surface area contributed by atoms with Gasteiger partial charge in [-0.2, -0.15) is 32.3 Å². The summed E-state index contributed by atoms with van der Waals surface area (Å²) >= 11 is 0. The van der Waals surface area contributed by atoms with Gasteiger partial charge in [0.1, 0.15) is 19.1 Å². The number of rotatable bonds is 21. The molecule has 3 N–H and O–H groups in total. The van der Waals surface area contributed by atoms with Gasteiger partial charge in [0.2, 0.25) is 6.54 Å². The van der Waals surface area contributed by atoms with Gasteiger partial charge in [-0.1, -0.05) is 42.5 Å². The molecule has 0 amide bonds. The fourth-order valence-corrected chi connectivity index (χ4v) is 12.5. The summed E-state index contributed by atoms with van der Waals surface area (Å²) in [4.78, 5) is 55.1. The molecule has 23 heteroatoms. The first-order valence-electron chi connectivity index (χ1n) is 24.4. The number of hydrogen-bond donors (Lipinski definition) is 3. The van der Waals surface area contributed by atoms with Gasteiger partial charge in [0.15, 0.2) is 8.45 Å². The van der Waals surface area contributed by atoms with Crippen molar-refractivity contribution in [3.63, 3.8) is 0 Å². The Hall–Kier alpha value is -2.46. The lowest BCUT2D eigenvalue weighted by atomic mass is 10.0. The number of aliphatic hydroxyl groups is 1. The summed E-state index contributed by atoms with van der Waals surface area (Å²) in [5, 5.41) is 18.6. The van der Waals surface area contributed by atoms with Crippen molar-refractivity contribution in [3.05, 3.63) is 76.6 Å². The summed E-state index contributed by atoms with van der Waals surface area (Å²) in [7, 11) is -2.26. The third-order valence-electron chi connectivity index (χ3n) is 11.3. The van der Waals surface area contributed by atoms with Crippen LogP contribution in [-0.2, 0) is 23.0 Å². The van der Waals surface area contributed by atoms with Crippen LogP contribution in [0.15, 0.2) is 31.6 Å². The van der Waals surface area contributed by atoms with E-state index in [2.05, 4.69) is 132 Å². The molecule has 0 aromatic carbocycles. The van der Waals surface area contributed by atoms with Gasteiger partial charge in [-0.3, -0.25) is 28.7 Å². The Morgan fingerprint density at radius 2 is 1.10 bits per heavy atom. The first-order chi connectivity index (χ1) is 32.2. The van der Waals surface area contributed by atoms with Crippen LogP contribution in [0.4, 0.5) is 0 Å². The molecule has 2 fully saturated rings. The molecule has 1 unspecified atom stereocenters. The van der Waals surface area contributed by atoms with E-state index in [4.69, 9.17) is 34.9 Å². The largest absolute Gasteiger partial charge is 0.390 e. The minimum Gasteiger partial charge on any atom is -0.390 e. The van der Waals surface area contributed by atoms with E-state index in [1.54, 1.807) is 13.8 Å². The van der Waals surface area contributed by atoms with Crippen LogP contribution in [0.25, 0.3) is 4.85 Å². The van der Waals surface area contributed by atoms with Crippen LogP contribution in [0, 0.1) is 43.6 Å². The van der Waals surface area contributed by atoms with Gasteiger partial charge in [-0.25, -0.2) is 30.2 Å². The number of nitrogens with zero attached hydrogens (tertiary/aromatic N) is 7. The third-order valence-corrected chi connectivity index (χ3v) is 16.5. The number of aromatic amines is 2. The van der Waals surface area contributed by atoms with E-state index in [9.17, 15) is 24.3 Å². The average molecular weight is 1110 g/mol. The van der Waals surface area contributed by atoms with Crippen molar-refractivity contribution < 1.29 is 28.2 Å².